The standard InChI is InChI=1S/C18H21N3O/c1-15-4-2-3-5-17(15)18(22)21-12-10-20(11-13-21)14-16-6-8-19-9-7-16/h2-9H,10-14H2,1H3. The van der Waals surface area contributed by atoms with Crippen molar-refractivity contribution >= 4 is 5.91 Å². The van der Waals surface area contributed by atoms with E-state index in [1.165, 1.54) is 5.56 Å². The van der Waals surface area contributed by atoms with Crippen molar-refractivity contribution in [3.8, 4) is 0 Å². The summed E-state index contributed by atoms with van der Waals surface area (Å²) in [6.45, 7) is 6.33. The van der Waals surface area contributed by atoms with E-state index in [0.29, 0.717) is 0 Å². The highest BCUT2D eigenvalue weighted by Crippen LogP contribution is 2.14. The second-order valence-electron chi connectivity index (χ2n) is 5.74. The summed E-state index contributed by atoms with van der Waals surface area (Å²) in [5.41, 5.74) is 3.14. The largest absolute Gasteiger partial charge is 0.336 e. The Labute approximate surface area is 131 Å². The molecule has 4 heteroatoms. The van der Waals surface area contributed by atoms with Gasteiger partial charge in [-0.25, -0.2) is 0 Å². The van der Waals surface area contributed by atoms with Crippen molar-refractivity contribution in [3.63, 3.8) is 0 Å². The summed E-state index contributed by atoms with van der Waals surface area (Å²) in [5.74, 6) is 0.154. The van der Waals surface area contributed by atoms with Crippen LogP contribution in [0.1, 0.15) is 21.5 Å². The molecule has 3 rings (SSSR count). The maximum absolute atomic E-state index is 12.6. The Bertz CT molecular complexity index is 634. The van der Waals surface area contributed by atoms with Crippen molar-refractivity contribution in [2.45, 2.75) is 13.5 Å². The smallest absolute Gasteiger partial charge is 0.254 e. The Balaban J connectivity index is 1.58. The van der Waals surface area contributed by atoms with Crippen LogP contribution in [0.3, 0.4) is 0 Å². The van der Waals surface area contributed by atoms with Gasteiger partial charge in [-0.05, 0) is 36.2 Å². The van der Waals surface area contributed by atoms with Crippen molar-refractivity contribution in [1.29, 1.82) is 0 Å². The molecule has 1 aromatic carbocycles. The topological polar surface area (TPSA) is 36.4 Å². The quantitative estimate of drug-likeness (QED) is 0.872. The number of carbonyl (C=O) groups is 1. The monoisotopic (exact) mass is 295 g/mol. The molecule has 0 N–H and O–H groups in total. The third kappa shape index (κ3) is 3.34. The van der Waals surface area contributed by atoms with Crippen molar-refractivity contribution in [1.82, 2.24) is 14.8 Å². The molecule has 0 radical (unpaired) electrons. The van der Waals surface area contributed by atoms with Crippen LogP contribution in [0, 0.1) is 6.92 Å². The summed E-state index contributed by atoms with van der Waals surface area (Å²) in [6.07, 6.45) is 3.65. The van der Waals surface area contributed by atoms with E-state index < -0.39 is 0 Å². The molecule has 1 aliphatic rings. The lowest BCUT2D eigenvalue weighted by molar-refractivity contribution is 0.0628. The van der Waals surface area contributed by atoms with E-state index in [1.54, 1.807) is 0 Å². The number of benzene rings is 1. The number of nitrogens with zero attached hydrogens (tertiary/aromatic N) is 3. The highest BCUT2D eigenvalue weighted by Gasteiger charge is 2.22. The van der Waals surface area contributed by atoms with E-state index in [4.69, 9.17) is 0 Å². The minimum Gasteiger partial charge on any atom is -0.336 e. The lowest BCUT2D eigenvalue weighted by Gasteiger charge is -2.35. The maximum atomic E-state index is 12.6. The molecule has 0 saturated carbocycles. The third-order valence-corrected chi connectivity index (χ3v) is 4.19. The molecule has 1 fully saturated rings. The first kappa shape index (κ1) is 14.7. The molecule has 1 amide bonds. The van der Waals surface area contributed by atoms with E-state index in [0.717, 1.165) is 43.9 Å². The van der Waals surface area contributed by atoms with Crippen LogP contribution in [0.4, 0.5) is 0 Å². The van der Waals surface area contributed by atoms with E-state index >= 15 is 0 Å². The van der Waals surface area contributed by atoms with Crippen LogP contribution in [0.2, 0.25) is 0 Å². The van der Waals surface area contributed by atoms with E-state index in [1.807, 2.05) is 60.6 Å². The van der Waals surface area contributed by atoms with Gasteiger partial charge >= 0.3 is 0 Å². The van der Waals surface area contributed by atoms with Crippen molar-refractivity contribution in [2.75, 3.05) is 26.2 Å². The molecular formula is C18H21N3O. The molecule has 1 aromatic heterocycles. The zero-order chi connectivity index (χ0) is 15.4. The number of aryl methyl sites for hydroxylation is 1. The highest BCUT2D eigenvalue weighted by molar-refractivity contribution is 5.95. The fraction of sp³-hybridized carbons (Fsp3) is 0.333. The van der Waals surface area contributed by atoms with Crippen LogP contribution in [0.15, 0.2) is 48.8 Å². The van der Waals surface area contributed by atoms with Gasteiger partial charge in [0.15, 0.2) is 0 Å². The van der Waals surface area contributed by atoms with Crippen molar-refractivity contribution < 1.29 is 4.79 Å². The van der Waals surface area contributed by atoms with Crippen molar-refractivity contribution in [3.05, 3.63) is 65.5 Å². The summed E-state index contributed by atoms with van der Waals surface area (Å²) in [7, 11) is 0. The van der Waals surface area contributed by atoms with Gasteiger partial charge < -0.3 is 4.90 Å². The maximum Gasteiger partial charge on any atom is 0.254 e. The lowest BCUT2D eigenvalue weighted by atomic mass is 10.1. The molecule has 0 unspecified atom stereocenters. The first-order chi connectivity index (χ1) is 10.7. The van der Waals surface area contributed by atoms with E-state index in [2.05, 4.69) is 9.88 Å². The number of hydrogen-bond acceptors (Lipinski definition) is 3. The van der Waals surface area contributed by atoms with Gasteiger partial charge in [0, 0.05) is 50.7 Å². The van der Waals surface area contributed by atoms with Gasteiger partial charge in [0.2, 0.25) is 0 Å². The van der Waals surface area contributed by atoms with Gasteiger partial charge in [-0.3, -0.25) is 14.7 Å². The molecule has 0 aliphatic carbocycles. The second kappa shape index (κ2) is 6.71. The van der Waals surface area contributed by atoms with Gasteiger partial charge in [-0.1, -0.05) is 18.2 Å². The number of hydrogen-bond donors (Lipinski definition) is 0. The van der Waals surface area contributed by atoms with Crippen LogP contribution >= 0.6 is 0 Å². The Morgan fingerprint density at radius 1 is 1.05 bits per heavy atom. The summed E-state index contributed by atoms with van der Waals surface area (Å²) in [5, 5.41) is 0. The van der Waals surface area contributed by atoms with Gasteiger partial charge in [-0.2, -0.15) is 0 Å². The molecule has 114 valence electrons. The summed E-state index contributed by atoms with van der Waals surface area (Å²) in [4.78, 5) is 21.0. The first-order valence-corrected chi connectivity index (χ1v) is 7.70. The number of aromatic nitrogens is 1. The SMILES string of the molecule is Cc1ccccc1C(=O)N1CCN(Cc2ccncc2)CC1. The fourth-order valence-corrected chi connectivity index (χ4v) is 2.84. The van der Waals surface area contributed by atoms with Gasteiger partial charge in [0.1, 0.15) is 0 Å². The highest BCUT2D eigenvalue weighted by atomic mass is 16.2. The number of pyridine rings is 1. The van der Waals surface area contributed by atoms with E-state index in [-0.39, 0.29) is 5.91 Å². The van der Waals surface area contributed by atoms with Crippen molar-refractivity contribution in [2.24, 2.45) is 0 Å². The summed E-state index contributed by atoms with van der Waals surface area (Å²) < 4.78 is 0. The van der Waals surface area contributed by atoms with Crippen LogP contribution in [0.25, 0.3) is 0 Å². The van der Waals surface area contributed by atoms with Gasteiger partial charge in [0.05, 0.1) is 0 Å². The van der Waals surface area contributed by atoms with Gasteiger partial charge in [0.25, 0.3) is 5.91 Å². The molecule has 0 atom stereocenters. The van der Waals surface area contributed by atoms with Crippen LogP contribution in [-0.4, -0.2) is 46.9 Å². The molecule has 1 aliphatic heterocycles. The Morgan fingerprint density at radius 2 is 1.73 bits per heavy atom. The molecular weight excluding hydrogens is 274 g/mol. The molecule has 2 heterocycles. The Hall–Kier alpha value is -2.20. The zero-order valence-corrected chi connectivity index (χ0v) is 12.9. The fourth-order valence-electron chi connectivity index (χ4n) is 2.84. The van der Waals surface area contributed by atoms with E-state index in [9.17, 15) is 4.79 Å². The van der Waals surface area contributed by atoms with Crippen LogP contribution in [0.5, 0.6) is 0 Å². The molecule has 0 spiro atoms. The average molecular weight is 295 g/mol. The number of rotatable bonds is 3. The number of piperazine rings is 1. The zero-order valence-electron chi connectivity index (χ0n) is 12.9. The second-order valence-corrected chi connectivity index (χ2v) is 5.74. The normalized spacial score (nSPS) is 15.8. The molecule has 22 heavy (non-hydrogen) atoms. The number of amides is 1. The minimum atomic E-state index is 0.154. The lowest BCUT2D eigenvalue weighted by Crippen LogP contribution is -2.48. The molecule has 2 aromatic rings. The summed E-state index contributed by atoms with van der Waals surface area (Å²) >= 11 is 0. The van der Waals surface area contributed by atoms with Crippen LogP contribution < -0.4 is 0 Å². The molecule has 1 saturated heterocycles. The van der Waals surface area contributed by atoms with Gasteiger partial charge in [-0.15, -0.1) is 0 Å². The van der Waals surface area contributed by atoms with Crippen LogP contribution in [-0.2, 0) is 6.54 Å². The average Bonchev–Trinajstić information content (AvgIpc) is 2.56. The Kier molecular flexibility index (Phi) is 4.49. The predicted octanol–water partition coefficient (Wildman–Crippen LogP) is 2.35. The molecule has 4 nitrogen and oxygen atoms in total. The summed E-state index contributed by atoms with van der Waals surface area (Å²) in [6, 6.07) is 11.9. The Morgan fingerprint density at radius 3 is 2.41 bits per heavy atom. The molecule has 0 bridgehead atoms. The first-order valence-electron chi connectivity index (χ1n) is 7.70. The predicted molar refractivity (Wildman–Crippen MR) is 86.6 cm³/mol. The minimum absolute atomic E-state index is 0.154. The number of carbonyl (C=O) groups excluding carboxylic acids is 1. The third-order valence-electron chi connectivity index (χ3n) is 4.19.